The van der Waals surface area contributed by atoms with E-state index in [0.29, 0.717) is 11.0 Å². The molecule has 0 unspecified atom stereocenters. The van der Waals surface area contributed by atoms with Gasteiger partial charge in [-0.2, -0.15) is 18.3 Å². The monoisotopic (exact) mass is 355 g/mol. The van der Waals surface area contributed by atoms with Crippen LogP contribution < -0.4 is 10.3 Å². The van der Waals surface area contributed by atoms with Crippen molar-refractivity contribution in [3.63, 3.8) is 0 Å². The van der Waals surface area contributed by atoms with Crippen LogP contribution in [0.3, 0.4) is 0 Å². The van der Waals surface area contributed by atoms with Gasteiger partial charge in [-0.3, -0.25) is 15.0 Å². The van der Waals surface area contributed by atoms with Crippen molar-refractivity contribution in [3.8, 4) is 0 Å². The zero-order valence-electron chi connectivity index (χ0n) is 12.8. The summed E-state index contributed by atoms with van der Waals surface area (Å²) in [6.45, 7) is 1.61. The largest absolute Gasteiger partial charge is 0.461 e. The molecule has 1 aromatic carbocycles. The second kappa shape index (κ2) is 5.87. The van der Waals surface area contributed by atoms with Gasteiger partial charge in [-0.05, 0) is 25.1 Å². The minimum Gasteiger partial charge on any atom is -0.461 e. The van der Waals surface area contributed by atoms with Crippen molar-refractivity contribution in [3.05, 3.63) is 29.8 Å². The van der Waals surface area contributed by atoms with Crippen LogP contribution in [0.15, 0.2) is 29.4 Å². The van der Waals surface area contributed by atoms with Crippen molar-refractivity contribution in [1.29, 1.82) is 0 Å². The molecule has 0 spiro atoms. The van der Waals surface area contributed by atoms with Gasteiger partial charge in [-0.1, -0.05) is 6.07 Å². The third kappa shape index (κ3) is 2.73. The zero-order chi connectivity index (χ0) is 18.4. The first-order valence-electron chi connectivity index (χ1n) is 7.31. The Labute approximate surface area is 139 Å². The highest BCUT2D eigenvalue weighted by Crippen LogP contribution is 2.35. The first-order chi connectivity index (χ1) is 11.8. The van der Waals surface area contributed by atoms with Crippen LogP contribution in [0.4, 0.5) is 18.9 Å². The van der Waals surface area contributed by atoms with E-state index in [1.165, 1.54) is 6.07 Å². The fraction of sp³-hybridized carbons (Fsp3) is 0.333. The molecule has 132 valence electrons. The third-order valence-corrected chi connectivity index (χ3v) is 3.84. The smallest absolute Gasteiger partial charge is 0.416 e. The number of imide groups is 1. The molecule has 1 saturated heterocycles. The summed E-state index contributed by atoms with van der Waals surface area (Å²) in [4.78, 5) is 37.5. The van der Waals surface area contributed by atoms with Crippen molar-refractivity contribution in [1.82, 2.24) is 5.43 Å². The predicted molar refractivity (Wildman–Crippen MR) is 78.4 cm³/mol. The molecule has 0 aromatic heterocycles. The minimum absolute atomic E-state index is 0.0503. The Bertz CT molecular complexity index is 790. The van der Waals surface area contributed by atoms with E-state index in [-0.39, 0.29) is 18.0 Å². The number of carbonyl (C=O) groups excluding carboxylic acids is 3. The van der Waals surface area contributed by atoms with Crippen LogP contribution in [-0.2, 0) is 25.3 Å². The number of hydrogen-bond acceptors (Lipinski definition) is 6. The lowest BCUT2D eigenvalue weighted by Crippen LogP contribution is -2.36. The van der Waals surface area contributed by atoms with Gasteiger partial charge >= 0.3 is 12.1 Å². The van der Waals surface area contributed by atoms with Crippen LogP contribution in [-0.4, -0.2) is 36.1 Å². The van der Waals surface area contributed by atoms with Crippen LogP contribution >= 0.6 is 0 Å². The molecule has 2 amide bonds. The second-order valence-electron chi connectivity index (χ2n) is 5.36. The lowest BCUT2D eigenvalue weighted by molar-refractivity contribution is -0.137. The summed E-state index contributed by atoms with van der Waals surface area (Å²) in [7, 11) is 0. The topological polar surface area (TPSA) is 88.1 Å². The van der Waals surface area contributed by atoms with Gasteiger partial charge in [-0.15, -0.1) is 0 Å². The Morgan fingerprint density at radius 1 is 1.32 bits per heavy atom. The Balaban J connectivity index is 1.94. The number of nitrogens with zero attached hydrogens (tertiary/aromatic N) is 2. The number of hydrazone groups is 1. The minimum atomic E-state index is -4.62. The number of anilines is 1. The average molecular weight is 355 g/mol. The quantitative estimate of drug-likeness (QED) is 0.648. The van der Waals surface area contributed by atoms with E-state index >= 15 is 0 Å². The van der Waals surface area contributed by atoms with Crippen LogP contribution in [0, 0.1) is 5.92 Å². The van der Waals surface area contributed by atoms with E-state index in [4.69, 9.17) is 4.74 Å². The molecule has 2 heterocycles. The number of carbonyl (C=O) groups is 3. The molecular weight excluding hydrogens is 343 g/mol. The molecule has 2 aliphatic heterocycles. The maximum atomic E-state index is 12.9. The highest BCUT2D eigenvalue weighted by Gasteiger charge is 2.55. The lowest BCUT2D eigenvalue weighted by Gasteiger charge is -2.17. The Hall–Kier alpha value is -2.91. The summed E-state index contributed by atoms with van der Waals surface area (Å²) in [5.41, 5.74) is 0.912. The van der Waals surface area contributed by atoms with Gasteiger partial charge in [0.2, 0.25) is 5.91 Å². The summed E-state index contributed by atoms with van der Waals surface area (Å²) < 4.78 is 43.3. The summed E-state index contributed by atoms with van der Waals surface area (Å²) in [5.74, 6) is -3.68. The van der Waals surface area contributed by atoms with E-state index in [1.807, 2.05) is 0 Å². The first kappa shape index (κ1) is 16.9. The van der Waals surface area contributed by atoms with E-state index in [1.54, 1.807) is 6.92 Å². The van der Waals surface area contributed by atoms with Gasteiger partial charge in [0.25, 0.3) is 5.91 Å². The zero-order valence-corrected chi connectivity index (χ0v) is 12.8. The number of amides is 2. The molecule has 2 aliphatic rings. The molecule has 1 N–H and O–H groups in total. The first-order valence-corrected chi connectivity index (χ1v) is 7.31. The molecule has 3 rings (SSSR count). The van der Waals surface area contributed by atoms with E-state index < -0.39 is 41.5 Å². The fourth-order valence-electron chi connectivity index (χ4n) is 2.74. The number of ether oxygens (including phenoxy) is 1. The summed E-state index contributed by atoms with van der Waals surface area (Å²) in [5, 5.41) is 3.67. The average Bonchev–Trinajstić information content (AvgIpc) is 3.08. The molecule has 25 heavy (non-hydrogen) atoms. The van der Waals surface area contributed by atoms with Gasteiger partial charge in [0, 0.05) is 0 Å². The number of rotatable bonds is 3. The highest BCUT2D eigenvalue weighted by atomic mass is 19.4. The molecule has 1 aromatic rings. The number of esters is 1. The van der Waals surface area contributed by atoms with E-state index in [2.05, 4.69) is 10.5 Å². The normalized spacial score (nSPS) is 22.6. The molecule has 7 nitrogen and oxygen atoms in total. The van der Waals surface area contributed by atoms with Crippen molar-refractivity contribution < 1.29 is 32.3 Å². The number of benzene rings is 1. The second-order valence-corrected chi connectivity index (χ2v) is 5.36. The number of halogens is 3. The van der Waals surface area contributed by atoms with Gasteiger partial charge < -0.3 is 4.74 Å². The van der Waals surface area contributed by atoms with Crippen molar-refractivity contribution in [2.45, 2.75) is 19.1 Å². The third-order valence-electron chi connectivity index (χ3n) is 3.84. The molecule has 0 saturated carbocycles. The summed E-state index contributed by atoms with van der Waals surface area (Å²) in [6.07, 6.45) is -4.62. The van der Waals surface area contributed by atoms with E-state index in [0.717, 1.165) is 12.1 Å². The Morgan fingerprint density at radius 2 is 2.04 bits per heavy atom. The summed E-state index contributed by atoms with van der Waals surface area (Å²) >= 11 is 0. The van der Waals surface area contributed by atoms with Crippen LogP contribution in [0.5, 0.6) is 0 Å². The van der Waals surface area contributed by atoms with Gasteiger partial charge in [0.1, 0.15) is 12.0 Å². The van der Waals surface area contributed by atoms with Crippen molar-refractivity contribution >= 4 is 29.2 Å². The molecule has 1 fully saturated rings. The maximum absolute atomic E-state index is 12.9. The van der Waals surface area contributed by atoms with Gasteiger partial charge in [0.15, 0.2) is 5.71 Å². The molecule has 10 heteroatoms. The number of hydrogen-bond donors (Lipinski definition) is 1. The standard InChI is InChI=1S/C15H12F3N3O4/c1-2-25-14(24)11-9-10(19-20-11)13(23)21(12(9)22)8-5-3-4-7(6-8)15(16,17)18/h3-6,9-10,19H,2H2,1H3/t9-,10-/m1/s1. The van der Waals surface area contributed by atoms with Gasteiger partial charge in [0.05, 0.1) is 17.9 Å². The van der Waals surface area contributed by atoms with Gasteiger partial charge in [-0.25, -0.2) is 9.69 Å². The van der Waals surface area contributed by atoms with Crippen molar-refractivity contribution in [2.75, 3.05) is 11.5 Å². The lowest BCUT2D eigenvalue weighted by atomic mass is 9.99. The van der Waals surface area contributed by atoms with E-state index in [9.17, 15) is 27.6 Å². The highest BCUT2D eigenvalue weighted by molar-refractivity contribution is 6.46. The molecule has 0 aliphatic carbocycles. The fourth-order valence-corrected chi connectivity index (χ4v) is 2.74. The Morgan fingerprint density at radius 3 is 2.68 bits per heavy atom. The number of fused-ring (bicyclic) bond motifs is 1. The maximum Gasteiger partial charge on any atom is 0.416 e. The predicted octanol–water partition coefficient (Wildman–Crippen LogP) is 1.09. The summed E-state index contributed by atoms with van der Waals surface area (Å²) in [6, 6.07) is 2.71. The molecule has 0 bridgehead atoms. The van der Waals surface area contributed by atoms with Crippen molar-refractivity contribution in [2.24, 2.45) is 11.0 Å². The van der Waals surface area contributed by atoms with Crippen LogP contribution in [0.2, 0.25) is 0 Å². The number of nitrogens with one attached hydrogen (secondary N) is 1. The molecule has 0 radical (unpaired) electrons. The number of alkyl halides is 3. The van der Waals surface area contributed by atoms with Crippen LogP contribution in [0.1, 0.15) is 12.5 Å². The van der Waals surface area contributed by atoms with Crippen LogP contribution in [0.25, 0.3) is 0 Å². The molecule has 2 atom stereocenters. The SMILES string of the molecule is CCOC(=O)C1=NN[C@H]2C(=O)N(c3cccc(C(F)(F)F)c3)C(=O)[C@@H]12. The molecular formula is C15H12F3N3O4. The Kier molecular flexibility index (Phi) is 3.97.